The van der Waals surface area contributed by atoms with Crippen molar-refractivity contribution in [2.24, 2.45) is 0 Å². The second kappa shape index (κ2) is 12.4. The van der Waals surface area contributed by atoms with Crippen molar-refractivity contribution >= 4 is 32.3 Å². The normalized spacial score (nSPS) is 11.3. The van der Waals surface area contributed by atoms with Crippen molar-refractivity contribution in [3.05, 3.63) is 176 Å². The van der Waals surface area contributed by atoms with Gasteiger partial charge in [-0.05, 0) is 29.3 Å². The first-order chi connectivity index (χ1) is 24.3. The Morgan fingerprint density at radius 2 is 0.918 bits per heavy atom. The lowest BCUT2D eigenvalue weighted by atomic mass is 9.94. The Labute approximate surface area is 288 Å². The molecule has 0 amide bonds. The molecule has 0 atom stereocenters. The number of benzene rings is 6. The number of pyridine rings is 1. The van der Waals surface area contributed by atoms with Crippen LogP contribution in [0.3, 0.4) is 0 Å². The summed E-state index contributed by atoms with van der Waals surface area (Å²) in [4.78, 5) is 16.6. The van der Waals surface area contributed by atoms with E-state index in [0.29, 0.717) is 5.82 Å². The second-order valence-electron chi connectivity index (χ2n) is 12.0. The van der Waals surface area contributed by atoms with Crippen LogP contribution >= 0.6 is 11.3 Å². The van der Waals surface area contributed by atoms with Gasteiger partial charge in [-0.25, -0.2) is 15.0 Å². The van der Waals surface area contributed by atoms with E-state index >= 15 is 0 Å². The van der Waals surface area contributed by atoms with Crippen LogP contribution in [-0.4, -0.2) is 15.0 Å². The number of fused-ring (bicyclic) bond motifs is 3. The number of thiophene rings is 1. The van der Waals surface area contributed by atoms with Gasteiger partial charge in [0.2, 0.25) is 0 Å². The molecular weight excluding hydrogens is 615 g/mol. The molecule has 3 aromatic heterocycles. The summed E-state index contributed by atoms with van der Waals surface area (Å²) in [6, 6.07) is 61.3. The van der Waals surface area contributed by atoms with Gasteiger partial charge < -0.3 is 0 Å². The lowest BCUT2D eigenvalue weighted by Gasteiger charge is -2.12. The quantitative estimate of drug-likeness (QED) is 0.181. The van der Waals surface area contributed by atoms with Crippen LogP contribution in [0.4, 0.5) is 0 Å². The van der Waals surface area contributed by atoms with Crippen molar-refractivity contribution in [2.45, 2.75) is 0 Å². The zero-order valence-electron chi connectivity index (χ0n) is 26.5. The number of hydrogen-bond donors (Lipinski definition) is 0. The molecule has 9 rings (SSSR count). The predicted molar refractivity (Wildman–Crippen MR) is 205 cm³/mol. The molecule has 0 spiro atoms. The van der Waals surface area contributed by atoms with Crippen molar-refractivity contribution in [2.75, 3.05) is 0 Å². The topological polar surface area (TPSA) is 38.7 Å². The molecule has 9 aromatic rings. The molecule has 0 bridgehead atoms. The van der Waals surface area contributed by atoms with Gasteiger partial charge in [0.1, 0.15) is 0 Å². The minimum atomic E-state index is 0.706. The molecule has 0 saturated heterocycles. The van der Waals surface area contributed by atoms with E-state index in [1.54, 1.807) is 0 Å². The van der Waals surface area contributed by atoms with Gasteiger partial charge in [-0.3, -0.25) is 0 Å². The largest absolute Gasteiger partial charge is 0.246 e. The lowest BCUT2D eigenvalue weighted by Crippen LogP contribution is -1.96. The number of aromatic nitrogens is 3. The fourth-order valence-corrected chi connectivity index (χ4v) is 7.93. The van der Waals surface area contributed by atoms with Crippen LogP contribution in [0.25, 0.3) is 87.7 Å². The Balaban J connectivity index is 1.31. The van der Waals surface area contributed by atoms with Crippen LogP contribution < -0.4 is 0 Å². The molecule has 3 nitrogen and oxygen atoms in total. The molecule has 0 aliphatic heterocycles. The molecule has 0 unspecified atom stereocenters. The first-order valence-electron chi connectivity index (χ1n) is 16.4. The van der Waals surface area contributed by atoms with E-state index in [1.165, 1.54) is 26.1 Å². The molecule has 4 heteroatoms. The molecule has 0 radical (unpaired) electrons. The van der Waals surface area contributed by atoms with E-state index in [9.17, 15) is 0 Å². The minimum absolute atomic E-state index is 0.706. The SMILES string of the molecule is c1ccc(-c2cc(-c3cccc(-c4c(-c5ccccc5)sc5c(-c6ccccc6)nc6ccccc6c45)c3)nc(-c3ccccc3)n2)cc1. The van der Waals surface area contributed by atoms with Crippen molar-refractivity contribution in [3.8, 4) is 66.7 Å². The Hall–Kier alpha value is -6.23. The van der Waals surface area contributed by atoms with Crippen LogP contribution in [0.1, 0.15) is 0 Å². The molecule has 0 aliphatic carbocycles. The van der Waals surface area contributed by atoms with Crippen molar-refractivity contribution in [1.29, 1.82) is 0 Å². The highest BCUT2D eigenvalue weighted by Crippen LogP contribution is 2.50. The maximum absolute atomic E-state index is 5.25. The Kier molecular flexibility index (Phi) is 7.34. The highest BCUT2D eigenvalue weighted by atomic mass is 32.1. The summed E-state index contributed by atoms with van der Waals surface area (Å²) in [5, 5.41) is 2.37. The average molecular weight is 644 g/mol. The van der Waals surface area contributed by atoms with Crippen LogP contribution in [0.2, 0.25) is 0 Å². The summed E-state index contributed by atoms with van der Waals surface area (Å²) in [5.74, 6) is 0.706. The highest BCUT2D eigenvalue weighted by molar-refractivity contribution is 7.23. The molecule has 6 aromatic carbocycles. The maximum atomic E-state index is 5.25. The lowest BCUT2D eigenvalue weighted by molar-refractivity contribution is 1.18. The third kappa shape index (κ3) is 5.38. The molecule has 0 aliphatic rings. The molecule has 49 heavy (non-hydrogen) atoms. The summed E-state index contributed by atoms with van der Waals surface area (Å²) < 4.78 is 1.18. The average Bonchev–Trinajstić information content (AvgIpc) is 3.60. The molecular formula is C45H29N3S. The van der Waals surface area contributed by atoms with Gasteiger partial charge in [-0.2, -0.15) is 0 Å². The highest BCUT2D eigenvalue weighted by Gasteiger charge is 2.22. The van der Waals surface area contributed by atoms with Gasteiger partial charge in [0.25, 0.3) is 0 Å². The van der Waals surface area contributed by atoms with Gasteiger partial charge in [-0.1, -0.05) is 158 Å². The molecule has 0 N–H and O–H groups in total. The molecule has 0 saturated carbocycles. The monoisotopic (exact) mass is 643 g/mol. The third-order valence-electron chi connectivity index (χ3n) is 8.89. The van der Waals surface area contributed by atoms with E-state index in [1.807, 2.05) is 35.6 Å². The zero-order valence-corrected chi connectivity index (χ0v) is 27.3. The number of hydrogen-bond acceptors (Lipinski definition) is 4. The van der Waals surface area contributed by atoms with E-state index in [-0.39, 0.29) is 0 Å². The Morgan fingerprint density at radius 3 is 1.61 bits per heavy atom. The van der Waals surface area contributed by atoms with Gasteiger partial charge in [0.15, 0.2) is 5.82 Å². The Bertz CT molecular complexity index is 2520. The second-order valence-corrected chi connectivity index (χ2v) is 13.0. The molecule has 230 valence electrons. The smallest absolute Gasteiger partial charge is 0.160 e. The summed E-state index contributed by atoms with van der Waals surface area (Å²) in [6.45, 7) is 0. The van der Waals surface area contributed by atoms with E-state index < -0.39 is 0 Å². The van der Waals surface area contributed by atoms with Crippen molar-refractivity contribution in [3.63, 3.8) is 0 Å². The van der Waals surface area contributed by atoms with E-state index in [0.717, 1.165) is 55.8 Å². The van der Waals surface area contributed by atoms with Crippen LogP contribution in [-0.2, 0) is 0 Å². The van der Waals surface area contributed by atoms with Gasteiger partial charge >= 0.3 is 0 Å². The standard InChI is InChI=1S/C45H29N3S/c1-5-16-30(17-6-1)38-29-39(48-45(47-38)33-22-11-4-12-23-33)34-24-15-25-35(28-34)40-41-36-26-13-14-27-37(36)46-42(31-18-7-2-8-19-31)44(41)49-43(40)32-20-9-3-10-21-32/h1-29H. The van der Waals surface area contributed by atoms with Gasteiger partial charge in [0.05, 0.1) is 27.3 Å². The number of nitrogens with zero attached hydrogens (tertiary/aromatic N) is 3. The third-order valence-corrected chi connectivity index (χ3v) is 10.1. The van der Waals surface area contributed by atoms with Gasteiger partial charge in [0, 0.05) is 43.5 Å². The fraction of sp³-hybridized carbons (Fsp3) is 0. The first-order valence-corrected chi connectivity index (χ1v) is 17.2. The molecule has 3 heterocycles. The Morgan fingerprint density at radius 1 is 0.388 bits per heavy atom. The first kappa shape index (κ1) is 29.0. The minimum Gasteiger partial charge on any atom is -0.246 e. The molecule has 0 fully saturated rings. The van der Waals surface area contributed by atoms with Gasteiger partial charge in [-0.15, -0.1) is 11.3 Å². The van der Waals surface area contributed by atoms with Crippen LogP contribution in [0, 0.1) is 0 Å². The van der Waals surface area contributed by atoms with Crippen LogP contribution in [0.5, 0.6) is 0 Å². The zero-order chi connectivity index (χ0) is 32.6. The van der Waals surface area contributed by atoms with Crippen molar-refractivity contribution < 1.29 is 0 Å². The summed E-state index contributed by atoms with van der Waals surface area (Å²) in [6.07, 6.45) is 0. The summed E-state index contributed by atoms with van der Waals surface area (Å²) >= 11 is 1.82. The number of para-hydroxylation sites is 1. The van der Waals surface area contributed by atoms with Crippen molar-refractivity contribution in [1.82, 2.24) is 15.0 Å². The van der Waals surface area contributed by atoms with E-state index in [4.69, 9.17) is 15.0 Å². The summed E-state index contributed by atoms with van der Waals surface area (Å²) in [7, 11) is 0. The maximum Gasteiger partial charge on any atom is 0.160 e. The van der Waals surface area contributed by atoms with Crippen LogP contribution in [0.15, 0.2) is 176 Å². The van der Waals surface area contributed by atoms with E-state index in [2.05, 4.69) is 152 Å². The number of rotatable bonds is 6. The fourth-order valence-electron chi connectivity index (χ4n) is 6.57. The predicted octanol–water partition coefficient (Wildman–Crippen LogP) is 12.2. The summed E-state index contributed by atoms with van der Waals surface area (Å²) in [5.41, 5.74) is 11.5.